The van der Waals surface area contributed by atoms with Crippen LogP contribution in [-0.2, 0) is 9.59 Å². The first kappa shape index (κ1) is 20.0. The number of nitrogens with zero attached hydrogens (tertiary/aromatic N) is 3. The molecule has 6 heteroatoms. The maximum atomic E-state index is 13.2. The number of carbonyl (C=O) groups excluding carboxylic acids is 2. The lowest BCUT2D eigenvalue weighted by Gasteiger charge is -2.24. The van der Waals surface area contributed by atoms with Crippen LogP contribution in [0.1, 0.15) is 23.1 Å². The van der Waals surface area contributed by atoms with Crippen molar-refractivity contribution in [2.24, 2.45) is 0 Å². The first-order chi connectivity index (χ1) is 16.1. The van der Waals surface area contributed by atoms with Crippen LogP contribution in [0.4, 0.5) is 17.1 Å². The number of carbonyl (C=O) groups is 2. The number of benzene rings is 3. The molecule has 0 unspecified atom stereocenters. The standard InChI is InChI=1S/C27H16N4O2/c28-16-19-5-3-7-21(13-19)31-24-14-20(11-10-18-6-4-12-29-17-18)22-8-1-2-9-23(22)27(24)30-25(32)15-26(31)33/h1-9,12-14,17H,15H2,(H,30,32). The van der Waals surface area contributed by atoms with Crippen LogP contribution in [0.3, 0.4) is 0 Å². The molecular formula is C27H16N4O2. The van der Waals surface area contributed by atoms with Gasteiger partial charge in [-0.05, 0) is 41.8 Å². The van der Waals surface area contributed by atoms with Gasteiger partial charge in [0, 0.05) is 28.9 Å². The van der Waals surface area contributed by atoms with Crippen molar-refractivity contribution in [1.29, 1.82) is 5.26 Å². The highest BCUT2D eigenvalue weighted by Crippen LogP contribution is 2.41. The quantitative estimate of drug-likeness (QED) is 0.357. The van der Waals surface area contributed by atoms with Crippen molar-refractivity contribution in [1.82, 2.24) is 4.98 Å². The topological polar surface area (TPSA) is 86.1 Å². The third-order valence-electron chi connectivity index (χ3n) is 5.33. The second kappa shape index (κ2) is 8.30. The summed E-state index contributed by atoms with van der Waals surface area (Å²) in [4.78, 5) is 31.3. The van der Waals surface area contributed by atoms with Crippen LogP contribution < -0.4 is 10.2 Å². The highest BCUT2D eigenvalue weighted by atomic mass is 16.2. The SMILES string of the molecule is N#Cc1cccc(N2C(=O)CC(=O)Nc3c2cc(C#Cc2cccnc2)c2ccccc32)c1. The van der Waals surface area contributed by atoms with E-state index in [-0.39, 0.29) is 18.2 Å². The summed E-state index contributed by atoms with van der Waals surface area (Å²) in [5.74, 6) is 5.55. The number of rotatable bonds is 1. The van der Waals surface area contributed by atoms with Gasteiger partial charge < -0.3 is 5.32 Å². The number of anilines is 3. The second-order valence-electron chi connectivity index (χ2n) is 7.47. The number of aromatic nitrogens is 1. The van der Waals surface area contributed by atoms with Crippen LogP contribution in [0.2, 0.25) is 0 Å². The monoisotopic (exact) mass is 428 g/mol. The molecular weight excluding hydrogens is 412 g/mol. The molecule has 1 N–H and O–H groups in total. The molecule has 2 amide bonds. The zero-order valence-electron chi connectivity index (χ0n) is 17.4. The molecule has 0 fully saturated rings. The fraction of sp³-hybridized carbons (Fsp3) is 0.0370. The molecule has 33 heavy (non-hydrogen) atoms. The van der Waals surface area contributed by atoms with Gasteiger partial charge in [0.05, 0.1) is 28.7 Å². The Labute approximate surface area is 190 Å². The molecule has 0 radical (unpaired) electrons. The lowest BCUT2D eigenvalue weighted by Crippen LogP contribution is -2.26. The highest BCUT2D eigenvalue weighted by Gasteiger charge is 2.29. The Kier molecular flexibility index (Phi) is 5.03. The summed E-state index contributed by atoms with van der Waals surface area (Å²) >= 11 is 0. The minimum atomic E-state index is -0.389. The Morgan fingerprint density at radius 2 is 1.73 bits per heavy atom. The minimum absolute atomic E-state index is 0.309. The Morgan fingerprint density at radius 3 is 2.52 bits per heavy atom. The fourth-order valence-electron chi connectivity index (χ4n) is 3.88. The Bertz CT molecular complexity index is 1530. The van der Waals surface area contributed by atoms with Crippen LogP contribution in [0, 0.1) is 23.2 Å². The van der Waals surface area contributed by atoms with Crippen molar-refractivity contribution in [3.05, 3.63) is 95.8 Å². The molecule has 0 spiro atoms. The third kappa shape index (κ3) is 3.78. The summed E-state index contributed by atoms with van der Waals surface area (Å²) in [6.45, 7) is 0. The number of pyridine rings is 1. The van der Waals surface area contributed by atoms with Gasteiger partial charge in [-0.1, -0.05) is 42.2 Å². The first-order valence-electron chi connectivity index (χ1n) is 10.2. The van der Waals surface area contributed by atoms with Crippen molar-refractivity contribution >= 4 is 39.6 Å². The van der Waals surface area contributed by atoms with Gasteiger partial charge in [-0.2, -0.15) is 5.26 Å². The van der Waals surface area contributed by atoms with E-state index < -0.39 is 0 Å². The summed E-state index contributed by atoms with van der Waals surface area (Å²) < 4.78 is 0. The zero-order chi connectivity index (χ0) is 22.8. The number of nitrogens with one attached hydrogen (secondary N) is 1. The van der Waals surface area contributed by atoms with Crippen molar-refractivity contribution in [2.75, 3.05) is 10.2 Å². The molecule has 1 aromatic heterocycles. The predicted molar refractivity (Wildman–Crippen MR) is 126 cm³/mol. The van der Waals surface area contributed by atoms with E-state index in [0.29, 0.717) is 28.2 Å². The molecule has 5 rings (SSSR count). The Balaban J connectivity index is 1.78. The molecule has 4 aromatic rings. The number of hydrogen-bond acceptors (Lipinski definition) is 4. The van der Waals surface area contributed by atoms with E-state index in [2.05, 4.69) is 28.2 Å². The van der Waals surface area contributed by atoms with E-state index in [1.54, 1.807) is 36.7 Å². The molecule has 1 aliphatic heterocycles. The molecule has 0 atom stereocenters. The number of amides is 2. The van der Waals surface area contributed by atoms with Gasteiger partial charge in [0.25, 0.3) is 0 Å². The minimum Gasteiger partial charge on any atom is -0.323 e. The average Bonchev–Trinajstić information content (AvgIpc) is 2.97. The Morgan fingerprint density at radius 1 is 0.909 bits per heavy atom. The molecule has 0 aliphatic carbocycles. The number of fused-ring (bicyclic) bond motifs is 3. The molecule has 0 saturated heterocycles. The average molecular weight is 428 g/mol. The van der Waals surface area contributed by atoms with E-state index in [1.807, 2.05) is 42.5 Å². The summed E-state index contributed by atoms with van der Waals surface area (Å²) in [6.07, 6.45) is 3.06. The molecule has 6 nitrogen and oxygen atoms in total. The van der Waals surface area contributed by atoms with Crippen molar-refractivity contribution < 1.29 is 9.59 Å². The fourth-order valence-corrected chi connectivity index (χ4v) is 3.88. The van der Waals surface area contributed by atoms with E-state index in [9.17, 15) is 14.9 Å². The first-order valence-corrected chi connectivity index (χ1v) is 10.2. The van der Waals surface area contributed by atoms with Gasteiger partial charge >= 0.3 is 0 Å². The van der Waals surface area contributed by atoms with Crippen molar-refractivity contribution in [3.8, 4) is 17.9 Å². The van der Waals surface area contributed by atoms with Gasteiger partial charge in [-0.3, -0.25) is 19.5 Å². The lowest BCUT2D eigenvalue weighted by atomic mass is 10.00. The van der Waals surface area contributed by atoms with Gasteiger partial charge in [0.1, 0.15) is 6.42 Å². The second-order valence-corrected chi connectivity index (χ2v) is 7.47. The van der Waals surface area contributed by atoms with Crippen LogP contribution in [0.15, 0.2) is 79.1 Å². The Hall–Kier alpha value is -4.94. The van der Waals surface area contributed by atoms with Gasteiger partial charge in [0.2, 0.25) is 11.8 Å². The number of hydrogen-bond donors (Lipinski definition) is 1. The van der Waals surface area contributed by atoms with Gasteiger partial charge in [-0.15, -0.1) is 0 Å². The van der Waals surface area contributed by atoms with Crippen LogP contribution in [-0.4, -0.2) is 16.8 Å². The third-order valence-corrected chi connectivity index (χ3v) is 5.33. The van der Waals surface area contributed by atoms with Crippen molar-refractivity contribution in [2.45, 2.75) is 6.42 Å². The van der Waals surface area contributed by atoms with Gasteiger partial charge in [0.15, 0.2) is 0 Å². The summed E-state index contributed by atoms with van der Waals surface area (Å²) in [5, 5.41) is 13.9. The summed E-state index contributed by atoms with van der Waals surface area (Å²) in [5.41, 5.74) is 3.45. The smallest absolute Gasteiger partial charge is 0.241 e. The molecule has 0 bridgehead atoms. The molecule has 156 valence electrons. The molecule has 3 aromatic carbocycles. The van der Waals surface area contributed by atoms with Crippen molar-refractivity contribution in [3.63, 3.8) is 0 Å². The van der Waals surface area contributed by atoms with Crippen LogP contribution >= 0.6 is 0 Å². The zero-order valence-corrected chi connectivity index (χ0v) is 17.4. The molecule has 2 heterocycles. The molecule has 0 saturated carbocycles. The molecule has 1 aliphatic rings. The highest BCUT2D eigenvalue weighted by molar-refractivity contribution is 6.21. The maximum Gasteiger partial charge on any atom is 0.241 e. The number of nitriles is 1. The summed E-state index contributed by atoms with van der Waals surface area (Å²) in [7, 11) is 0. The van der Waals surface area contributed by atoms with E-state index in [0.717, 1.165) is 16.3 Å². The van der Waals surface area contributed by atoms with E-state index in [1.165, 1.54) is 4.90 Å². The van der Waals surface area contributed by atoms with E-state index in [4.69, 9.17) is 0 Å². The van der Waals surface area contributed by atoms with Gasteiger partial charge in [-0.25, -0.2) is 0 Å². The van der Waals surface area contributed by atoms with E-state index >= 15 is 0 Å². The van der Waals surface area contributed by atoms with Crippen LogP contribution in [0.25, 0.3) is 10.8 Å². The normalized spacial score (nSPS) is 12.8. The summed E-state index contributed by atoms with van der Waals surface area (Å²) in [6, 6.07) is 22.0. The lowest BCUT2D eigenvalue weighted by molar-refractivity contribution is -0.124. The predicted octanol–water partition coefficient (Wildman–Crippen LogP) is 4.51. The largest absolute Gasteiger partial charge is 0.323 e. The van der Waals surface area contributed by atoms with Crippen LogP contribution in [0.5, 0.6) is 0 Å². The maximum absolute atomic E-state index is 13.2.